The fourth-order valence-electron chi connectivity index (χ4n) is 3.47. The molecule has 0 atom stereocenters. The van der Waals surface area contributed by atoms with Gasteiger partial charge in [-0.1, -0.05) is 16.9 Å². The van der Waals surface area contributed by atoms with Crippen LogP contribution in [0.4, 0.5) is 0 Å². The van der Waals surface area contributed by atoms with Crippen LogP contribution >= 0.6 is 11.8 Å². The first-order valence-corrected chi connectivity index (χ1v) is 10.9. The van der Waals surface area contributed by atoms with Crippen LogP contribution < -0.4 is 5.73 Å². The van der Waals surface area contributed by atoms with Crippen LogP contribution in [0, 0.1) is 20.8 Å². The Morgan fingerprint density at radius 1 is 1.19 bits per heavy atom. The second-order valence-electron chi connectivity index (χ2n) is 7.28. The number of nitrogens with zero attached hydrogens (tertiary/aromatic N) is 5. The van der Waals surface area contributed by atoms with Crippen LogP contribution in [0.1, 0.15) is 33.9 Å². The predicted molar refractivity (Wildman–Crippen MR) is 117 cm³/mol. The summed E-state index contributed by atoms with van der Waals surface area (Å²) >= 11 is 1.25. The van der Waals surface area contributed by atoms with Crippen LogP contribution in [0.3, 0.4) is 0 Å². The molecule has 0 radical (unpaired) electrons. The third-order valence-electron chi connectivity index (χ3n) is 4.95. The van der Waals surface area contributed by atoms with Gasteiger partial charge < -0.3 is 14.7 Å². The molecule has 0 bridgehead atoms. The van der Waals surface area contributed by atoms with Gasteiger partial charge in [-0.2, -0.15) is 0 Å². The molecule has 10 nitrogen and oxygen atoms in total. The molecule has 1 amide bonds. The van der Waals surface area contributed by atoms with E-state index in [9.17, 15) is 9.59 Å². The van der Waals surface area contributed by atoms with Gasteiger partial charge in [0.2, 0.25) is 5.91 Å². The minimum atomic E-state index is -0.438. The van der Waals surface area contributed by atoms with Crippen LogP contribution in [0.25, 0.3) is 17.4 Å². The third kappa shape index (κ3) is 4.24. The maximum atomic E-state index is 13.0. The van der Waals surface area contributed by atoms with Crippen LogP contribution in [-0.4, -0.2) is 41.9 Å². The lowest BCUT2D eigenvalue weighted by atomic mass is 10.2. The number of furan rings is 1. The zero-order valence-electron chi connectivity index (χ0n) is 17.9. The number of primary amides is 1. The zero-order valence-corrected chi connectivity index (χ0v) is 18.7. The van der Waals surface area contributed by atoms with E-state index in [-0.39, 0.29) is 24.5 Å². The minimum absolute atomic E-state index is 0.0569. The lowest BCUT2D eigenvalue weighted by molar-refractivity contribution is -0.118. The number of carbonyl (C=O) groups excluding carboxylic acids is 2. The van der Waals surface area contributed by atoms with E-state index >= 15 is 0 Å². The van der Waals surface area contributed by atoms with Crippen molar-refractivity contribution < 1.29 is 18.5 Å². The van der Waals surface area contributed by atoms with Gasteiger partial charge in [0, 0.05) is 36.0 Å². The highest BCUT2D eigenvalue weighted by Crippen LogP contribution is 2.27. The minimum Gasteiger partial charge on any atom is -0.461 e. The monoisotopic (exact) mass is 454 g/mol. The number of hydrogen-bond acceptors (Lipinski definition) is 8. The van der Waals surface area contributed by atoms with Gasteiger partial charge >= 0.3 is 0 Å². The number of nitrogens with two attached hydrogens (primary N) is 1. The zero-order chi connectivity index (χ0) is 22.8. The summed E-state index contributed by atoms with van der Waals surface area (Å²) in [4.78, 5) is 24.3. The Bertz CT molecular complexity index is 1270. The van der Waals surface area contributed by atoms with Crippen molar-refractivity contribution in [1.82, 2.24) is 24.5 Å². The van der Waals surface area contributed by atoms with E-state index in [1.807, 2.05) is 37.5 Å². The molecule has 0 unspecified atom stereocenters. The van der Waals surface area contributed by atoms with Crippen molar-refractivity contribution in [3.05, 3.63) is 53.2 Å². The van der Waals surface area contributed by atoms with E-state index in [2.05, 4.69) is 15.4 Å². The number of aryl methyl sites for hydroxylation is 2. The van der Waals surface area contributed by atoms with Crippen molar-refractivity contribution in [3.63, 3.8) is 0 Å². The highest BCUT2D eigenvalue weighted by molar-refractivity contribution is 7.99. The summed E-state index contributed by atoms with van der Waals surface area (Å²) in [5.74, 6) is 1.98. The summed E-state index contributed by atoms with van der Waals surface area (Å²) in [6.45, 7) is 5.89. The molecule has 0 fully saturated rings. The van der Waals surface area contributed by atoms with Gasteiger partial charge in [-0.25, -0.2) is 0 Å². The van der Waals surface area contributed by atoms with Gasteiger partial charge in [-0.15, -0.1) is 10.2 Å². The lowest BCUT2D eigenvalue weighted by Gasteiger charge is -2.08. The summed E-state index contributed by atoms with van der Waals surface area (Å²) in [5, 5.41) is 12.9. The van der Waals surface area contributed by atoms with Crippen molar-refractivity contribution >= 4 is 23.5 Å². The van der Waals surface area contributed by atoms with Gasteiger partial charge in [-0.05, 0) is 39.0 Å². The quantitative estimate of drug-likeness (QED) is 0.301. The lowest BCUT2D eigenvalue weighted by Crippen LogP contribution is -2.15. The first-order chi connectivity index (χ1) is 15.3. The molecule has 0 aromatic carbocycles. The van der Waals surface area contributed by atoms with Crippen LogP contribution in [-0.2, 0) is 11.3 Å². The SMILES string of the molecule is Cc1cc(-n2c(C)cc(C(=O)CSc3nnc(-c4ccco4)n3CCC(N)=O)c2C)no1. The van der Waals surface area contributed by atoms with E-state index in [0.29, 0.717) is 33.9 Å². The summed E-state index contributed by atoms with van der Waals surface area (Å²) in [6.07, 6.45) is 1.65. The van der Waals surface area contributed by atoms with Gasteiger partial charge in [0.25, 0.3) is 0 Å². The van der Waals surface area contributed by atoms with E-state index in [1.165, 1.54) is 18.0 Å². The number of aromatic nitrogens is 5. The molecule has 166 valence electrons. The largest absolute Gasteiger partial charge is 0.461 e. The smallest absolute Gasteiger partial charge is 0.219 e. The Morgan fingerprint density at radius 2 is 2.00 bits per heavy atom. The van der Waals surface area contributed by atoms with Crippen LogP contribution in [0.2, 0.25) is 0 Å². The first kappa shape index (κ1) is 21.6. The van der Waals surface area contributed by atoms with Gasteiger partial charge in [0.1, 0.15) is 5.76 Å². The number of ketones is 1. The molecule has 0 aliphatic rings. The predicted octanol–water partition coefficient (Wildman–Crippen LogP) is 3.09. The topological polar surface area (TPSA) is 135 Å². The standard InChI is InChI=1S/C21H22N6O4S/c1-12-9-15(14(3)27(12)19-10-13(2)31-25-19)16(28)11-32-21-24-23-20(17-5-4-8-30-17)26(21)7-6-18(22)29/h4-5,8-10H,6-7,11H2,1-3H3,(H2,22,29). The maximum Gasteiger partial charge on any atom is 0.219 e. The molecule has 0 aliphatic heterocycles. The molecule has 4 aromatic heterocycles. The number of Topliss-reactive ketones (excluding diaryl/α,β-unsaturated/α-hetero) is 1. The van der Waals surface area contributed by atoms with Crippen molar-refractivity contribution in [2.24, 2.45) is 5.73 Å². The molecule has 32 heavy (non-hydrogen) atoms. The van der Waals surface area contributed by atoms with E-state index in [4.69, 9.17) is 14.7 Å². The highest BCUT2D eigenvalue weighted by atomic mass is 32.2. The molecule has 2 N–H and O–H groups in total. The number of rotatable bonds is 9. The van der Waals surface area contributed by atoms with Crippen LogP contribution in [0.5, 0.6) is 0 Å². The number of hydrogen-bond donors (Lipinski definition) is 1. The number of thioether (sulfide) groups is 1. The van der Waals surface area contributed by atoms with Crippen molar-refractivity contribution in [3.8, 4) is 17.4 Å². The molecule has 0 aliphatic carbocycles. The first-order valence-electron chi connectivity index (χ1n) is 9.89. The molecule has 0 saturated heterocycles. The van der Waals surface area contributed by atoms with Gasteiger partial charge in [-0.3, -0.25) is 18.7 Å². The number of carbonyl (C=O) groups is 2. The highest BCUT2D eigenvalue weighted by Gasteiger charge is 2.21. The summed E-state index contributed by atoms with van der Waals surface area (Å²) in [6, 6.07) is 7.16. The van der Waals surface area contributed by atoms with Crippen molar-refractivity contribution in [2.75, 3.05) is 5.75 Å². The fraction of sp³-hybridized carbons (Fsp3) is 0.286. The summed E-state index contributed by atoms with van der Waals surface area (Å²) < 4.78 is 14.2. The Labute approximate surface area is 187 Å². The second kappa shape index (κ2) is 8.87. The molecular weight excluding hydrogens is 432 g/mol. The van der Waals surface area contributed by atoms with Crippen molar-refractivity contribution in [2.45, 2.75) is 38.9 Å². The molecule has 4 heterocycles. The fourth-order valence-corrected chi connectivity index (χ4v) is 4.32. The van der Waals surface area contributed by atoms with Gasteiger partial charge in [0.15, 0.2) is 28.3 Å². The summed E-state index contributed by atoms with van der Waals surface area (Å²) in [7, 11) is 0. The Kier molecular flexibility index (Phi) is 5.99. The number of amides is 1. The normalized spacial score (nSPS) is 11.2. The summed E-state index contributed by atoms with van der Waals surface area (Å²) in [5.41, 5.74) is 7.59. The van der Waals surface area contributed by atoms with E-state index in [1.54, 1.807) is 16.7 Å². The molecule has 11 heteroatoms. The van der Waals surface area contributed by atoms with Crippen LogP contribution in [0.15, 0.2) is 44.6 Å². The third-order valence-corrected chi connectivity index (χ3v) is 5.92. The molecule has 0 spiro atoms. The maximum absolute atomic E-state index is 13.0. The van der Waals surface area contributed by atoms with E-state index in [0.717, 1.165) is 11.4 Å². The van der Waals surface area contributed by atoms with Crippen molar-refractivity contribution in [1.29, 1.82) is 0 Å². The second-order valence-corrected chi connectivity index (χ2v) is 8.22. The average Bonchev–Trinajstić information content (AvgIpc) is 3.52. The van der Waals surface area contributed by atoms with E-state index < -0.39 is 5.91 Å². The molecule has 4 aromatic rings. The average molecular weight is 455 g/mol. The molecular formula is C21H22N6O4S. The molecule has 0 saturated carbocycles. The Balaban J connectivity index is 1.55. The Morgan fingerprint density at radius 3 is 2.66 bits per heavy atom. The Hall–Kier alpha value is -3.60. The molecule has 4 rings (SSSR count). The van der Waals surface area contributed by atoms with Gasteiger partial charge in [0.05, 0.1) is 12.0 Å².